The van der Waals surface area contributed by atoms with Crippen molar-refractivity contribution in [3.8, 4) is 11.4 Å². The second-order valence-corrected chi connectivity index (χ2v) is 11.2. The molecular weight excluding hydrogens is 446 g/mol. The van der Waals surface area contributed by atoms with E-state index < -0.39 is 10.0 Å². The van der Waals surface area contributed by atoms with Gasteiger partial charge in [0.2, 0.25) is 0 Å². The first kappa shape index (κ1) is 24.2. The van der Waals surface area contributed by atoms with Gasteiger partial charge in [-0.15, -0.1) is 10.2 Å². The SMILES string of the molecule is CC(C)NCc1nnc(-c2cc(Cl)ccc2NS(=O)(=O)c2ccc(C(C)(C)C)cc2)n1C. The van der Waals surface area contributed by atoms with Crippen molar-refractivity contribution in [3.05, 3.63) is 58.9 Å². The van der Waals surface area contributed by atoms with Crippen LogP contribution in [-0.2, 0) is 29.0 Å². The molecule has 0 radical (unpaired) electrons. The first-order valence-electron chi connectivity index (χ1n) is 10.4. The van der Waals surface area contributed by atoms with Crippen molar-refractivity contribution in [3.63, 3.8) is 0 Å². The standard InChI is InChI=1S/C23H30ClN5O2S/c1-15(2)25-14-21-26-27-22(29(21)6)19-13-17(24)9-12-20(19)28-32(30,31)18-10-7-16(8-11-18)23(3,4)5/h7-13,15,25,28H,14H2,1-6H3. The molecular formula is C23H30ClN5O2S. The molecule has 2 N–H and O–H groups in total. The zero-order valence-corrected chi connectivity index (χ0v) is 20.8. The maximum absolute atomic E-state index is 13.1. The number of nitrogens with zero attached hydrogens (tertiary/aromatic N) is 3. The summed E-state index contributed by atoms with van der Waals surface area (Å²) in [6.07, 6.45) is 0. The Bertz CT molecular complexity index is 1200. The zero-order valence-electron chi connectivity index (χ0n) is 19.3. The number of nitrogens with one attached hydrogen (secondary N) is 2. The highest BCUT2D eigenvalue weighted by atomic mass is 35.5. The third kappa shape index (κ3) is 5.49. The summed E-state index contributed by atoms with van der Waals surface area (Å²) in [5, 5.41) is 12.3. The molecule has 1 aromatic heterocycles. The van der Waals surface area contributed by atoms with Gasteiger partial charge < -0.3 is 9.88 Å². The lowest BCUT2D eigenvalue weighted by Gasteiger charge is -2.19. The van der Waals surface area contributed by atoms with E-state index in [1.54, 1.807) is 30.3 Å². The van der Waals surface area contributed by atoms with Crippen molar-refractivity contribution < 1.29 is 8.42 Å². The highest BCUT2D eigenvalue weighted by molar-refractivity contribution is 7.92. The largest absolute Gasteiger partial charge is 0.313 e. The number of aromatic nitrogens is 3. The minimum Gasteiger partial charge on any atom is -0.313 e. The number of halogens is 1. The minimum absolute atomic E-state index is 0.0631. The molecule has 32 heavy (non-hydrogen) atoms. The molecule has 3 aromatic rings. The second-order valence-electron chi connectivity index (χ2n) is 9.10. The van der Waals surface area contributed by atoms with E-state index in [1.807, 2.05) is 23.7 Å². The molecule has 0 bridgehead atoms. The van der Waals surface area contributed by atoms with Gasteiger partial charge in [-0.3, -0.25) is 4.72 Å². The van der Waals surface area contributed by atoms with Crippen molar-refractivity contribution >= 4 is 27.3 Å². The van der Waals surface area contributed by atoms with E-state index in [1.165, 1.54) is 0 Å². The van der Waals surface area contributed by atoms with Gasteiger partial charge >= 0.3 is 0 Å². The number of sulfonamides is 1. The van der Waals surface area contributed by atoms with Crippen LogP contribution in [0.2, 0.25) is 5.02 Å². The van der Waals surface area contributed by atoms with E-state index in [4.69, 9.17) is 11.6 Å². The maximum atomic E-state index is 13.1. The second kappa shape index (κ2) is 9.21. The van der Waals surface area contributed by atoms with Gasteiger partial charge in [-0.05, 0) is 41.3 Å². The molecule has 9 heteroatoms. The lowest BCUT2D eigenvalue weighted by molar-refractivity contribution is 0.561. The average molecular weight is 476 g/mol. The van der Waals surface area contributed by atoms with Crippen molar-refractivity contribution in [2.24, 2.45) is 7.05 Å². The summed E-state index contributed by atoms with van der Waals surface area (Å²) in [7, 11) is -1.96. The lowest BCUT2D eigenvalue weighted by atomic mass is 9.87. The monoisotopic (exact) mass is 475 g/mol. The molecule has 2 aromatic carbocycles. The predicted octanol–water partition coefficient (Wildman–Crippen LogP) is 4.73. The van der Waals surface area contributed by atoms with Crippen LogP contribution in [0.15, 0.2) is 47.4 Å². The molecule has 0 aliphatic heterocycles. The normalized spacial score (nSPS) is 12.4. The summed E-state index contributed by atoms with van der Waals surface area (Å²) in [5.41, 5.74) is 1.93. The Balaban J connectivity index is 1.95. The van der Waals surface area contributed by atoms with Crippen LogP contribution < -0.4 is 10.0 Å². The van der Waals surface area contributed by atoms with E-state index in [0.29, 0.717) is 34.7 Å². The van der Waals surface area contributed by atoms with Crippen molar-refractivity contribution in [1.82, 2.24) is 20.1 Å². The molecule has 1 heterocycles. The van der Waals surface area contributed by atoms with Gasteiger partial charge in [0, 0.05) is 23.7 Å². The predicted molar refractivity (Wildman–Crippen MR) is 129 cm³/mol. The Morgan fingerprint density at radius 1 is 1.06 bits per heavy atom. The number of anilines is 1. The fourth-order valence-corrected chi connectivity index (χ4v) is 4.43. The van der Waals surface area contributed by atoms with Gasteiger partial charge in [0.1, 0.15) is 5.82 Å². The molecule has 0 saturated heterocycles. The van der Waals surface area contributed by atoms with E-state index in [9.17, 15) is 8.42 Å². The van der Waals surface area contributed by atoms with Crippen LogP contribution in [0.25, 0.3) is 11.4 Å². The van der Waals surface area contributed by atoms with Gasteiger partial charge in [-0.2, -0.15) is 0 Å². The molecule has 7 nitrogen and oxygen atoms in total. The Kier molecular flexibility index (Phi) is 6.97. The topological polar surface area (TPSA) is 88.9 Å². The smallest absolute Gasteiger partial charge is 0.261 e. The van der Waals surface area contributed by atoms with Crippen LogP contribution in [0, 0.1) is 0 Å². The lowest BCUT2D eigenvalue weighted by Crippen LogP contribution is -2.23. The molecule has 0 spiro atoms. The molecule has 0 amide bonds. The quantitative estimate of drug-likeness (QED) is 0.515. The minimum atomic E-state index is -3.81. The molecule has 0 saturated carbocycles. The van der Waals surface area contributed by atoms with Crippen LogP contribution >= 0.6 is 11.6 Å². The third-order valence-electron chi connectivity index (χ3n) is 5.13. The summed E-state index contributed by atoms with van der Waals surface area (Å²) in [6.45, 7) is 10.9. The van der Waals surface area contributed by atoms with Gasteiger partial charge in [0.05, 0.1) is 17.1 Å². The zero-order chi connectivity index (χ0) is 23.7. The van der Waals surface area contributed by atoms with Crippen molar-refractivity contribution in [2.45, 2.75) is 57.5 Å². The van der Waals surface area contributed by atoms with Crippen LogP contribution in [0.4, 0.5) is 5.69 Å². The first-order chi connectivity index (χ1) is 14.9. The summed E-state index contributed by atoms with van der Waals surface area (Å²) < 4.78 is 30.7. The van der Waals surface area contributed by atoms with Gasteiger partial charge in [0.25, 0.3) is 10.0 Å². The molecule has 0 unspecified atom stereocenters. The van der Waals surface area contributed by atoms with E-state index in [-0.39, 0.29) is 10.3 Å². The number of benzene rings is 2. The summed E-state index contributed by atoms with van der Waals surface area (Å²) >= 11 is 6.23. The number of hydrogen-bond acceptors (Lipinski definition) is 5. The Hall–Kier alpha value is -2.42. The Morgan fingerprint density at radius 3 is 2.31 bits per heavy atom. The van der Waals surface area contributed by atoms with Crippen LogP contribution in [0.5, 0.6) is 0 Å². The molecule has 3 rings (SSSR count). The fourth-order valence-electron chi connectivity index (χ4n) is 3.17. The molecule has 0 aliphatic rings. The van der Waals surface area contributed by atoms with Gasteiger partial charge in [0.15, 0.2) is 5.82 Å². The van der Waals surface area contributed by atoms with Crippen molar-refractivity contribution in [2.75, 3.05) is 4.72 Å². The van der Waals surface area contributed by atoms with E-state index in [2.05, 4.69) is 54.9 Å². The van der Waals surface area contributed by atoms with Gasteiger partial charge in [-0.1, -0.05) is 58.4 Å². The molecule has 172 valence electrons. The highest BCUT2D eigenvalue weighted by Gasteiger charge is 2.21. The van der Waals surface area contributed by atoms with E-state index >= 15 is 0 Å². The number of rotatable bonds is 7. The Labute approximate surface area is 195 Å². The molecule has 0 aliphatic carbocycles. The molecule has 0 atom stereocenters. The molecule has 0 fully saturated rings. The number of hydrogen-bond donors (Lipinski definition) is 2. The summed E-state index contributed by atoms with van der Waals surface area (Å²) in [4.78, 5) is 0.186. The average Bonchev–Trinajstić information content (AvgIpc) is 3.07. The van der Waals surface area contributed by atoms with Crippen LogP contribution in [0.3, 0.4) is 0 Å². The van der Waals surface area contributed by atoms with Crippen LogP contribution in [0.1, 0.15) is 46.0 Å². The highest BCUT2D eigenvalue weighted by Crippen LogP contribution is 2.32. The van der Waals surface area contributed by atoms with Crippen LogP contribution in [-0.4, -0.2) is 29.2 Å². The first-order valence-corrected chi connectivity index (χ1v) is 12.3. The summed E-state index contributed by atoms with van der Waals surface area (Å²) in [6, 6.07) is 12.2. The fraction of sp³-hybridized carbons (Fsp3) is 0.391. The van der Waals surface area contributed by atoms with Crippen molar-refractivity contribution in [1.29, 1.82) is 0 Å². The summed E-state index contributed by atoms with van der Waals surface area (Å²) in [5.74, 6) is 1.26. The maximum Gasteiger partial charge on any atom is 0.261 e. The van der Waals surface area contributed by atoms with Gasteiger partial charge in [-0.25, -0.2) is 8.42 Å². The Morgan fingerprint density at radius 2 is 1.72 bits per heavy atom. The third-order valence-corrected chi connectivity index (χ3v) is 6.75. The van der Waals surface area contributed by atoms with E-state index in [0.717, 1.165) is 11.4 Å².